The first kappa shape index (κ1) is 14.5. The fraction of sp³-hybridized carbons (Fsp3) is 0.364. The van der Waals surface area contributed by atoms with Gasteiger partial charge in [-0.1, -0.05) is 25.1 Å². The molecule has 0 saturated carbocycles. The van der Waals surface area contributed by atoms with Crippen molar-refractivity contribution < 1.29 is 44.6 Å². The third kappa shape index (κ3) is 5.21. The molecule has 0 heterocycles. The van der Waals surface area contributed by atoms with E-state index in [9.17, 15) is 15.0 Å². The van der Waals surface area contributed by atoms with E-state index in [2.05, 4.69) is 0 Å². The largest absolute Gasteiger partial charge is 1.00 e. The second-order valence-corrected chi connectivity index (χ2v) is 3.51. The fourth-order valence-corrected chi connectivity index (χ4v) is 1.42. The molecular weight excluding hydrogens is 203 g/mol. The number of carbonyl (C=O) groups is 1. The van der Waals surface area contributed by atoms with Crippen molar-refractivity contribution in [2.24, 2.45) is 5.92 Å². The van der Waals surface area contributed by atoms with Gasteiger partial charge in [0.1, 0.15) is 5.75 Å². The van der Waals surface area contributed by atoms with E-state index in [1.807, 2.05) is 13.0 Å². The van der Waals surface area contributed by atoms with E-state index >= 15 is 0 Å². The summed E-state index contributed by atoms with van der Waals surface area (Å²) in [6.45, 7) is 1.82. The first-order chi connectivity index (χ1) is 6.59. The van der Waals surface area contributed by atoms with Crippen LogP contribution in [0.4, 0.5) is 0 Å². The fourth-order valence-electron chi connectivity index (χ4n) is 1.42. The van der Waals surface area contributed by atoms with Crippen molar-refractivity contribution in [1.82, 2.24) is 0 Å². The van der Waals surface area contributed by atoms with Crippen LogP contribution < -0.4 is 34.7 Å². The molecule has 0 spiro atoms. The molecular formula is C11H13NaO3. The van der Waals surface area contributed by atoms with Crippen LogP contribution in [-0.2, 0) is 11.2 Å². The summed E-state index contributed by atoms with van der Waals surface area (Å²) in [5.41, 5.74) is 0.779. The molecule has 0 aromatic heterocycles. The zero-order valence-electron chi connectivity index (χ0n) is 9.06. The Labute approximate surface area is 111 Å². The van der Waals surface area contributed by atoms with Gasteiger partial charge in [-0.15, -0.1) is 0 Å². The maximum atomic E-state index is 10.3. The molecule has 1 aromatic rings. The number of rotatable bonds is 4. The van der Waals surface area contributed by atoms with Crippen molar-refractivity contribution in [1.29, 1.82) is 0 Å². The maximum absolute atomic E-state index is 10.3. The van der Waals surface area contributed by atoms with Crippen LogP contribution in [0.25, 0.3) is 0 Å². The summed E-state index contributed by atoms with van der Waals surface area (Å²) in [7, 11) is 0. The second kappa shape index (κ2) is 6.88. The summed E-state index contributed by atoms with van der Waals surface area (Å²) < 4.78 is 0. The first-order valence-corrected chi connectivity index (χ1v) is 4.56. The van der Waals surface area contributed by atoms with Crippen molar-refractivity contribution in [3.63, 3.8) is 0 Å². The van der Waals surface area contributed by atoms with E-state index in [4.69, 9.17) is 0 Å². The summed E-state index contributed by atoms with van der Waals surface area (Å²) in [5.74, 6) is -0.848. The topological polar surface area (TPSA) is 60.4 Å². The van der Waals surface area contributed by atoms with Crippen molar-refractivity contribution in [2.45, 2.75) is 19.8 Å². The SMILES string of the molecule is CC(CC(=O)[O-])Cc1ccccc1O.[Na+]. The molecule has 1 unspecified atom stereocenters. The molecule has 0 saturated heterocycles. The van der Waals surface area contributed by atoms with Gasteiger partial charge in [-0.2, -0.15) is 0 Å². The van der Waals surface area contributed by atoms with Crippen LogP contribution in [-0.4, -0.2) is 11.1 Å². The van der Waals surface area contributed by atoms with Crippen LogP contribution in [0, 0.1) is 5.92 Å². The van der Waals surface area contributed by atoms with Gasteiger partial charge in [-0.25, -0.2) is 0 Å². The Hall–Kier alpha value is -0.510. The van der Waals surface area contributed by atoms with Crippen LogP contribution in [0.5, 0.6) is 5.75 Å². The Kier molecular flexibility index (Phi) is 6.65. The standard InChI is InChI=1S/C11H14O3.Na/c1-8(7-11(13)14)6-9-4-2-3-5-10(9)12;/h2-5,8,12H,6-7H2,1H3,(H,13,14);/q;+1/p-1. The number of hydrogen-bond donors (Lipinski definition) is 1. The predicted octanol–water partition coefficient (Wildman–Crippen LogP) is -2.29. The number of carboxylic acids is 1. The average Bonchev–Trinajstić information content (AvgIpc) is 2.07. The molecule has 0 aliphatic carbocycles. The number of hydrogen-bond acceptors (Lipinski definition) is 3. The van der Waals surface area contributed by atoms with E-state index in [-0.39, 0.29) is 47.6 Å². The van der Waals surface area contributed by atoms with E-state index in [0.29, 0.717) is 6.42 Å². The van der Waals surface area contributed by atoms with Crippen LogP contribution in [0.2, 0.25) is 0 Å². The van der Waals surface area contributed by atoms with E-state index in [1.165, 1.54) is 0 Å². The number of aromatic hydroxyl groups is 1. The normalized spacial score (nSPS) is 11.5. The summed E-state index contributed by atoms with van der Waals surface area (Å²) in [6.07, 6.45) is 0.578. The summed E-state index contributed by atoms with van der Waals surface area (Å²) >= 11 is 0. The molecule has 4 heteroatoms. The Morgan fingerprint density at radius 1 is 1.47 bits per heavy atom. The van der Waals surface area contributed by atoms with Gasteiger partial charge in [0.15, 0.2) is 0 Å². The molecule has 1 aromatic carbocycles. The molecule has 0 radical (unpaired) electrons. The second-order valence-electron chi connectivity index (χ2n) is 3.51. The Morgan fingerprint density at radius 3 is 2.60 bits per heavy atom. The number of phenolic OH excluding ortho intramolecular Hbond substituents is 1. The van der Waals surface area contributed by atoms with Gasteiger partial charge < -0.3 is 15.0 Å². The Morgan fingerprint density at radius 2 is 2.07 bits per heavy atom. The van der Waals surface area contributed by atoms with Gasteiger partial charge in [0.2, 0.25) is 0 Å². The number of phenols is 1. The molecule has 3 nitrogen and oxygen atoms in total. The van der Waals surface area contributed by atoms with Gasteiger partial charge in [-0.05, 0) is 30.4 Å². The molecule has 0 bridgehead atoms. The number of carboxylic acid groups (broad SMARTS) is 1. The van der Waals surface area contributed by atoms with Crippen LogP contribution >= 0.6 is 0 Å². The van der Waals surface area contributed by atoms with Crippen LogP contribution in [0.1, 0.15) is 18.9 Å². The van der Waals surface area contributed by atoms with Gasteiger partial charge >= 0.3 is 29.6 Å². The zero-order chi connectivity index (χ0) is 10.6. The number of aliphatic carboxylic acids is 1. The summed E-state index contributed by atoms with van der Waals surface area (Å²) in [5, 5.41) is 19.7. The number of benzene rings is 1. The third-order valence-corrected chi connectivity index (χ3v) is 2.08. The molecule has 0 fully saturated rings. The Balaban J connectivity index is 0.00000196. The quantitative estimate of drug-likeness (QED) is 0.577. The van der Waals surface area contributed by atoms with Gasteiger partial charge in [0.05, 0.1) is 0 Å². The van der Waals surface area contributed by atoms with Crippen molar-refractivity contribution in [2.75, 3.05) is 0 Å². The molecule has 15 heavy (non-hydrogen) atoms. The van der Waals surface area contributed by atoms with Crippen molar-refractivity contribution >= 4 is 5.97 Å². The summed E-state index contributed by atoms with van der Waals surface area (Å²) in [4.78, 5) is 10.3. The zero-order valence-corrected chi connectivity index (χ0v) is 11.1. The maximum Gasteiger partial charge on any atom is 1.00 e. The average molecular weight is 216 g/mol. The van der Waals surface area contributed by atoms with Crippen molar-refractivity contribution in [3.05, 3.63) is 29.8 Å². The first-order valence-electron chi connectivity index (χ1n) is 4.56. The number of para-hydroxylation sites is 1. The van der Waals surface area contributed by atoms with E-state index in [0.717, 1.165) is 5.56 Å². The van der Waals surface area contributed by atoms with Crippen molar-refractivity contribution in [3.8, 4) is 5.75 Å². The Bertz CT molecular complexity index is 325. The van der Waals surface area contributed by atoms with Crippen LogP contribution in [0.3, 0.4) is 0 Å². The molecule has 0 aliphatic rings. The minimum absolute atomic E-state index is 0. The minimum atomic E-state index is -1.05. The molecule has 1 rings (SSSR count). The monoisotopic (exact) mass is 216 g/mol. The van der Waals surface area contributed by atoms with Crippen LogP contribution in [0.15, 0.2) is 24.3 Å². The molecule has 76 valence electrons. The van der Waals surface area contributed by atoms with E-state index < -0.39 is 5.97 Å². The number of carbonyl (C=O) groups excluding carboxylic acids is 1. The van der Waals surface area contributed by atoms with Gasteiger partial charge in [0, 0.05) is 5.97 Å². The molecule has 0 amide bonds. The minimum Gasteiger partial charge on any atom is -0.550 e. The van der Waals surface area contributed by atoms with Gasteiger partial charge in [-0.3, -0.25) is 0 Å². The third-order valence-electron chi connectivity index (χ3n) is 2.08. The summed E-state index contributed by atoms with van der Waals surface area (Å²) in [6, 6.07) is 6.95. The van der Waals surface area contributed by atoms with Gasteiger partial charge in [0.25, 0.3) is 0 Å². The molecule has 0 aliphatic heterocycles. The van der Waals surface area contributed by atoms with E-state index in [1.54, 1.807) is 18.2 Å². The molecule has 1 N–H and O–H groups in total. The molecule has 1 atom stereocenters. The smallest absolute Gasteiger partial charge is 0.550 e. The predicted molar refractivity (Wildman–Crippen MR) is 50.6 cm³/mol.